The van der Waals surface area contributed by atoms with Crippen LogP contribution in [0.3, 0.4) is 0 Å². The minimum Gasteiger partial charge on any atom is -0.382 e. The second-order valence-corrected chi connectivity index (χ2v) is 4.91. The molecule has 23 heavy (non-hydrogen) atoms. The molecule has 0 saturated carbocycles. The van der Waals surface area contributed by atoms with Crippen LogP contribution in [-0.4, -0.2) is 47.5 Å². The number of aliphatic imine (C=N–C) groups is 1. The highest BCUT2D eigenvalue weighted by Crippen LogP contribution is 2.07. The van der Waals surface area contributed by atoms with Gasteiger partial charge in [0.05, 0.1) is 5.69 Å². The number of guanidine groups is 1. The van der Waals surface area contributed by atoms with Gasteiger partial charge in [-0.2, -0.15) is 5.10 Å². The highest BCUT2D eigenvalue weighted by atomic mass is 16.5. The predicted molar refractivity (Wildman–Crippen MR) is 90.7 cm³/mol. The highest BCUT2D eigenvalue weighted by Gasteiger charge is 2.00. The third-order valence-electron chi connectivity index (χ3n) is 3.27. The van der Waals surface area contributed by atoms with Crippen molar-refractivity contribution >= 4 is 5.96 Å². The minimum atomic E-state index is 0.711. The standard InChI is InChI=1S/C16H24N6O/c1-3-23-10-4-9-19-16(17-2)20-11-14-5-7-15(8-6-14)22-13-18-12-21-22/h5-8,12-13H,3-4,9-11H2,1-2H3,(H2,17,19,20). The van der Waals surface area contributed by atoms with Gasteiger partial charge in [-0.1, -0.05) is 12.1 Å². The molecule has 0 bridgehead atoms. The average Bonchev–Trinajstić information content (AvgIpc) is 3.12. The first kappa shape index (κ1) is 17.0. The summed E-state index contributed by atoms with van der Waals surface area (Å²) in [5, 5.41) is 10.7. The van der Waals surface area contributed by atoms with E-state index in [1.54, 1.807) is 18.1 Å². The Kier molecular flexibility index (Phi) is 7.06. The van der Waals surface area contributed by atoms with E-state index < -0.39 is 0 Å². The van der Waals surface area contributed by atoms with Crippen molar-refractivity contribution in [1.29, 1.82) is 0 Å². The molecule has 2 N–H and O–H groups in total. The third kappa shape index (κ3) is 5.71. The molecule has 1 aromatic carbocycles. The maximum absolute atomic E-state index is 5.31. The fraction of sp³-hybridized carbons (Fsp3) is 0.438. The summed E-state index contributed by atoms with van der Waals surface area (Å²) in [6.07, 6.45) is 4.17. The van der Waals surface area contributed by atoms with E-state index in [2.05, 4.69) is 37.8 Å². The van der Waals surface area contributed by atoms with Crippen molar-refractivity contribution in [2.24, 2.45) is 4.99 Å². The molecule has 0 saturated heterocycles. The summed E-state index contributed by atoms with van der Waals surface area (Å²) in [5.74, 6) is 0.793. The van der Waals surface area contributed by atoms with Gasteiger partial charge in [-0.3, -0.25) is 4.99 Å². The number of nitrogens with zero attached hydrogens (tertiary/aromatic N) is 4. The van der Waals surface area contributed by atoms with Crippen LogP contribution in [0, 0.1) is 0 Å². The Bertz CT molecular complexity index is 579. The van der Waals surface area contributed by atoms with E-state index in [9.17, 15) is 0 Å². The zero-order chi connectivity index (χ0) is 16.3. The van der Waals surface area contributed by atoms with Crippen molar-refractivity contribution in [2.75, 3.05) is 26.8 Å². The van der Waals surface area contributed by atoms with E-state index in [1.807, 2.05) is 19.1 Å². The molecule has 2 aromatic rings. The molecule has 2 rings (SSSR count). The largest absolute Gasteiger partial charge is 0.382 e. The number of aromatic nitrogens is 3. The van der Waals surface area contributed by atoms with Crippen LogP contribution in [-0.2, 0) is 11.3 Å². The van der Waals surface area contributed by atoms with Crippen molar-refractivity contribution in [3.8, 4) is 5.69 Å². The van der Waals surface area contributed by atoms with Crippen LogP contribution >= 0.6 is 0 Å². The SMILES string of the molecule is CCOCCCNC(=NC)NCc1ccc(-n2cncn2)cc1. The van der Waals surface area contributed by atoms with E-state index in [0.29, 0.717) is 6.54 Å². The molecule has 0 spiro atoms. The number of benzene rings is 1. The zero-order valence-electron chi connectivity index (χ0n) is 13.7. The number of ether oxygens (including phenoxy) is 1. The molecule has 0 aliphatic carbocycles. The lowest BCUT2D eigenvalue weighted by molar-refractivity contribution is 0.145. The molecule has 124 valence electrons. The van der Waals surface area contributed by atoms with Gasteiger partial charge < -0.3 is 15.4 Å². The van der Waals surface area contributed by atoms with E-state index in [0.717, 1.165) is 37.8 Å². The van der Waals surface area contributed by atoms with E-state index in [4.69, 9.17) is 4.74 Å². The second kappa shape index (κ2) is 9.58. The molecular weight excluding hydrogens is 292 g/mol. The Hall–Kier alpha value is -2.41. The Morgan fingerprint density at radius 3 is 2.74 bits per heavy atom. The van der Waals surface area contributed by atoms with Crippen molar-refractivity contribution < 1.29 is 4.74 Å². The van der Waals surface area contributed by atoms with Crippen LogP contribution in [0.2, 0.25) is 0 Å². The van der Waals surface area contributed by atoms with Crippen LogP contribution in [0.15, 0.2) is 41.9 Å². The lowest BCUT2D eigenvalue weighted by atomic mass is 10.2. The lowest BCUT2D eigenvalue weighted by Crippen LogP contribution is -2.37. The molecule has 1 heterocycles. The Morgan fingerprint density at radius 1 is 1.26 bits per heavy atom. The summed E-state index contributed by atoms with van der Waals surface area (Å²) in [7, 11) is 1.77. The van der Waals surface area contributed by atoms with Crippen LogP contribution in [0.5, 0.6) is 0 Å². The van der Waals surface area contributed by atoms with Gasteiger partial charge in [0.25, 0.3) is 0 Å². The number of hydrogen-bond donors (Lipinski definition) is 2. The fourth-order valence-electron chi connectivity index (χ4n) is 2.04. The number of rotatable bonds is 8. The topological polar surface area (TPSA) is 76.4 Å². The summed E-state index contributed by atoms with van der Waals surface area (Å²) in [4.78, 5) is 8.16. The quantitative estimate of drug-likeness (QED) is 0.437. The Morgan fingerprint density at radius 2 is 2.09 bits per heavy atom. The zero-order valence-corrected chi connectivity index (χ0v) is 13.7. The maximum Gasteiger partial charge on any atom is 0.191 e. The van der Waals surface area contributed by atoms with Gasteiger partial charge in [0, 0.05) is 33.4 Å². The smallest absolute Gasteiger partial charge is 0.191 e. The summed E-state index contributed by atoms with van der Waals surface area (Å²) in [6, 6.07) is 8.16. The molecule has 0 radical (unpaired) electrons. The molecule has 0 amide bonds. The number of nitrogens with one attached hydrogen (secondary N) is 2. The summed E-state index contributed by atoms with van der Waals surface area (Å²) >= 11 is 0. The monoisotopic (exact) mass is 316 g/mol. The van der Waals surface area contributed by atoms with Gasteiger partial charge >= 0.3 is 0 Å². The van der Waals surface area contributed by atoms with Crippen molar-refractivity contribution in [1.82, 2.24) is 25.4 Å². The van der Waals surface area contributed by atoms with Crippen LogP contribution < -0.4 is 10.6 Å². The van der Waals surface area contributed by atoms with E-state index in [-0.39, 0.29) is 0 Å². The second-order valence-electron chi connectivity index (χ2n) is 4.91. The average molecular weight is 316 g/mol. The summed E-state index contributed by atoms with van der Waals surface area (Å²) in [5.41, 5.74) is 2.16. The lowest BCUT2D eigenvalue weighted by Gasteiger charge is -2.12. The molecule has 0 aliphatic heterocycles. The fourth-order valence-corrected chi connectivity index (χ4v) is 2.04. The highest BCUT2D eigenvalue weighted by molar-refractivity contribution is 5.79. The molecule has 1 aromatic heterocycles. The van der Waals surface area contributed by atoms with E-state index >= 15 is 0 Å². The van der Waals surface area contributed by atoms with Crippen molar-refractivity contribution in [2.45, 2.75) is 19.9 Å². The van der Waals surface area contributed by atoms with Crippen LogP contribution in [0.25, 0.3) is 5.69 Å². The molecule has 0 aliphatic rings. The normalized spacial score (nSPS) is 11.5. The van der Waals surface area contributed by atoms with Gasteiger partial charge in [0.15, 0.2) is 5.96 Å². The van der Waals surface area contributed by atoms with Gasteiger partial charge in [-0.15, -0.1) is 0 Å². The molecule has 0 unspecified atom stereocenters. The Balaban J connectivity index is 1.75. The third-order valence-corrected chi connectivity index (χ3v) is 3.27. The molecular formula is C16H24N6O. The molecule has 7 heteroatoms. The minimum absolute atomic E-state index is 0.711. The summed E-state index contributed by atoms with van der Waals surface area (Å²) in [6.45, 7) is 5.08. The first-order valence-corrected chi connectivity index (χ1v) is 7.79. The first-order valence-electron chi connectivity index (χ1n) is 7.79. The molecule has 0 atom stereocenters. The van der Waals surface area contributed by atoms with Crippen LogP contribution in [0.4, 0.5) is 0 Å². The Labute approximate surface area is 136 Å². The number of hydrogen-bond acceptors (Lipinski definition) is 4. The summed E-state index contributed by atoms with van der Waals surface area (Å²) < 4.78 is 7.04. The van der Waals surface area contributed by atoms with E-state index in [1.165, 1.54) is 11.9 Å². The predicted octanol–water partition coefficient (Wildman–Crippen LogP) is 1.36. The van der Waals surface area contributed by atoms with Gasteiger partial charge in [0.2, 0.25) is 0 Å². The maximum atomic E-state index is 5.31. The van der Waals surface area contributed by atoms with Crippen LogP contribution in [0.1, 0.15) is 18.9 Å². The molecule has 7 nitrogen and oxygen atoms in total. The molecule has 0 fully saturated rings. The van der Waals surface area contributed by atoms with Gasteiger partial charge in [0.1, 0.15) is 12.7 Å². The van der Waals surface area contributed by atoms with Crippen molar-refractivity contribution in [3.05, 3.63) is 42.5 Å². The van der Waals surface area contributed by atoms with Crippen molar-refractivity contribution in [3.63, 3.8) is 0 Å². The van der Waals surface area contributed by atoms with Gasteiger partial charge in [-0.25, -0.2) is 9.67 Å². The van der Waals surface area contributed by atoms with Gasteiger partial charge in [-0.05, 0) is 31.0 Å². The first-order chi connectivity index (χ1) is 11.3.